The summed E-state index contributed by atoms with van der Waals surface area (Å²) in [4.78, 5) is 24.6. The van der Waals surface area contributed by atoms with Crippen LogP contribution in [0.2, 0.25) is 0 Å². The molecule has 5 heteroatoms. The molecule has 0 N–H and O–H groups in total. The molecule has 0 amide bonds. The van der Waals surface area contributed by atoms with Gasteiger partial charge < -0.3 is 9.47 Å². The van der Waals surface area contributed by atoms with Crippen molar-refractivity contribution in [3.8, 4) is 5.75 Å². The van der Waals surface area contributed by atoms with E-state index in [2.05, 4.69) is 15.9 Å². The maximum Gasteiger partial charge on any atom is 0.350 e. The van der Waals surface area contributed by atoms with Gasteiger partial charge in [-0.25, -0.2) is 4.79 Å². The van der Waals surface area contributed by atoms with E-state index in [1.165, 1.54) is 0 Å². The van der Waals surface area contributed by atoms with Crippen LogP contribution in [-0.2, 0) is 9.53 Å². The molecule has 1 aliphatic rings. The normalized spacial score (nSPS) is 14.9. The minimum atomic E-state index is -0.860. The van der Waals surface area contributed by atoms with Crippen LogP contribution in [0.4, 0.5) is 0 Å². The smallest absolute Gasteiger partial charge is 0.350 e. The molecule has 1 aliphatic carbocycles. The molecule has 130 valence electrons. The molecule has 2 aromatic rings. The van der Waals surface area contributed by atoms with Crippen molar-refractivity contribution in [3.63, 3.8) is 0 Å². The summed E-state index contributed by atoms with van der Waals surface area (Å²) in [5.41, 5.74) is 0.335. The number of benzene rings is 2. The fourth-order valence-corrected chi connectivity index (χ4v) is 2.72. The lowest BCUT2D eigenvalue weighted by Gasteiger charge is -2.18. The van der Waals surface area contributed by atoms with Gasteiger partial charge in [0.15, 0.2) is 5.78 Å². The van der Waals surface area contributed by atoms with E-state index in [4.69, 9.17) is 9.47 Å². The van der Waals surface area contributed by atoms with E-state index in [1.807, 2.05) is 26.0 Å². The van der Waals surface area contributed by atoms with Crippen LogP contribution in [0.1, 0.15) is 42.6 Å². The predicted molar refractivity (Wildman–Crippen MR) is 97.8 cm³/mol. The Bertz CT molecular complexity index is 774. The first kappa shape index (κ1) is 17.7. The third-order valence-electron chi connectivity index (χ3n) is 3.96. The first-order chi connectivity index (χ1) is 11.9. The lowest BCUT2D eigenvalue weighted by Crippen LogP contribution is -2.33. The molecule has 0 aliphatic heterocycles. The van der Waals surface area contributed by atoms with E-state index in [0.717, 1.165) is 4.47 Å². The standard InChI is InChI=1S/C20H19BrO4/c1-13(2)24-19(23)20(11-12-20)25-17-9-5-15(6-10-17)18(22)14-3-7-16(21)8-4-14/h3-10,13H,11-12H2,1-2H3. The molecule has 0 atom stereocenters. The number of carbonyl (C=O) groups excluding carboxylic acids is 2. The second-order valence-electron chi connectivity index (χ2n) is 6.41. The number of ketones is 1. The van der Waals surface area contributed by atoms with Crippen molar-refractivity contribution in [1.29, 1.82) is 0 Å². The highest BCUT2D eigenvalue weighted by Gasteiger charge is 2.54. The quantitative estimate of drug-likeness (QED) is 0.525. The average molecular weight is 403 g/mol. The Balaban J connectivity index is 1.69. The van der Waals surface area contributed by atoms with Gasteiger partial charge >= 0.3 is 5.97 Å². The van der Waals surface area contributed by atoms with E-state index in [1.54, 1.807) is 36.4 Å². The Morgan fingerprint density at radius 3 is 1.96 bits per heavy atom. The minimum Gasteiger partial charge on any atom is -0.476 e. The number of rotatable bonds is 6. The zero-order chi connectivity index (χ0) is 18.0. The summed E-state index contributed by atoms with van der Waals surface area (Å²) in [6.07, 6.45) is 1.13. The van der Waals surface area contributed by atoms with Crippen LogP contribution >= 0.6 is 15.9 Å². The second kappa shape index (κ2) is 7.00. The molecule has 1 saturated carbocycles. The van der Waals surface area contributed by atoms with Gasteiger partial charge in [-0.15, -0.1) is 0 Å². The van der Waals surface area contributed by atoms with E-state index in [-0.39, 0.29) is 17.9 Å². The van der Waals surface area contributed by atoms with E-state index in [9.17, 15) is 9.59 Å². The Morgan fingerprint density at radius 1 is 0.960 bits per heavy atom. The lowest BCUT2D eigenvalue weighted by molar-refractivity contribution is -0.158. The molecule has 2 aromatic carbocycles. The van der Waals surface area contributed by atoms with Gasteiger partial charge in [-0.3, -0.25) is 4.79 Å². The van der Waals surface area contributed by atoms with E-state index in [0.29, 0.717) is 29.7 Å². The molecule has 25 heavy (non-hydrogen) atoms. The van der Waals surface area contributed by atoms with Gasteiger partial charge in [0.25, 0.3) is 0 Å². The Hall–Kier alpha value is -2.14. The zero-order valence-corrected chi connectivity index (χ0v) is 15.7. The first-order valence-electron chi connectivity index (χ1n) is 8.20. The molecule has 0 bridgehead atoms. The van der Waals surface area contributed by atoms with Crippen molar-refractivity contribution in [1.82, 2.24) is 0 Å². The number of esters is 1. The summed E-state index contributed by atoms with van der Waals surface area (Å²) in [5, 5.41) is 0. The number of carbonyl (C=O) groups is 2. The number of hydrogen-bond donors (Lipinski definition) is 0. The average Bonchev–Trinajstić information content (AvgIpc) is 3.36. The van der Waals surface area contributed by atoms with Gasteiger partial charge in [0.2, 0.25) is 5.60 Å². The van der Waals surface area contributed by atoms with Crippen molar-refractivity contribution >= 4 is 27.7 Å². The monoisotopic (exact) mass is 402 g/mol. The Kier molecular flexibility index (Phi) is 4.95. The number of halogens is 1. The molecule has 4 nitrogen and oxygen atoms in total. The highest BCUT2D eigenvalue weighted by Crippen LogP contribution is 2.41. The summed E-state index contributed by atoms with van der Waals surface area (Å²) < 4.78 is 12.0. The molecular formula is C20H19BrO4. The summed E-state index contributed by atoms with van der Waals surface area (Å²) in [7, 11) is 0. The maximum absolute atomic E-state index is 12.5. The van der Waals surface area contributed by atoms with Crippen LogP contribution in [0.5, 0.6) is 5.75 Å². The Morgan fingerprint density at radius 2 is 1.48 bits per heavy atom. The van der Waals surface area contributed by atoms with E-state index >= 15 is 0 Å². The Labute approximate surface area is 155 Å². The third kappa shape index (κ3) is 4.10. The van der Waals surface area contributed by atoms with Gasteiger partial charge in [-0.2, -0.15) is 0 Å². The zero-order valence-electron chi connectivity index (χ0n) is 14.1. The molecule has 0 aromatic heterocycles. The molecule has 0 heterocycles. The molecule has 0 saturated heterocycles. The largest absolute Gasteiger partial charge is 0.476 e. The van der Waals surface area contributed by atoms with Crippen LogP contribution < -0.4 is 4.74 Å². The van der Waals surface area contributed by atoms with Crippen LogP contribution in [0.15, 0.2) is 53.0 Å². The van der Waals surface area contributed by atoms with Gasteiger partial charge in [0.05, 0.1) is 6.10 Å². The highest BCUT2D eigenvalue weighted by molar-refractivity contribution is 9.10. The molecule has 0 radical (unpaired) electrons. The predicted octanol–water partition coefficient (Wildman–Crippen LogP) is 4.54. The van der Waals surface area contributed by atoms with Crippen LogP contribution in [0, 0.1) is 0 Å². The number of ether oxygens (including phenoxy) is 2. The minimum absolute atomic E-state index is 0.0561. The van der Waals surface area contributed by atoms with Gasteiger partial charge in [0, 0.05) is 28.4 Å². The number of hydrogen-bond acceptors (Lipinski definition) is 4. The molecule has 3 rings (SSSR count). The van der Waals surface area contributed by atoms with E-state index < -0.39 is 5.60 Å². The first-order valence-corrected chi connectivity index (χ1v) is 8.99. The SMILES string of the molecule is CC(C)OC(=O)C1(Oc2ccc(C(=O)c3ccc(Br)cc3)cc2)CC1. The van der Waals surface area contributed by atoms with Crippen molar-refractivity contribution in [2.24, 2.45) is 0 Å². The van der Waals surface area contributed by atoms with Gasteiger partial charge in [-0.05, 0) is 62.4 Å². The second-order valence-corrected chi connectivity index (χ2v) is 7.33. The van der Waals surface area contributed by atoms with Crippen molar-refractivity contribution < 1.29 is 19.1 Å². The highest BCUT2D eigenvalue weighted by atomic mass is 79.9. The molecule has 0 spiro atoms. The summed E-state index contributed by atoms with van der Waals surface area (Å²) >= 11 is 3.35. The van der Waals surface area contributed by atoms with Crippen LogP contribution in [-0.4, -0.2) is 23.5 Å². The maximum atomic E-state index is 12.5. The summed E-state index contributed by atoms with van der Waals surface area (Å²) in [5.74, 6) is 0.183. The fraction of sp³-hybridized carbons (Fsp3) is 0.300. The molecule has 0 unspecified atom stereocenters. The fourth-order valence-electron chi connectivity index (χ4n) is 2.45. The summed E-state index contributed by atoms with van der Waals surface area (Å²) in [6, 6.07) is 14.1. The van der Waals surface area contributed by atoms with Crippen molar-refractivity contribution in [3.05, 3.63) is 64.1 Å². The molecule has 1 fully saturated rings. The van der Waals surface area contributed by atoms with Gasteiger partial charge in [0.1, 0.15) is 5.75 Å². The van der Waals surface area contributed by atoms with Gasteiger partial charge in [-0.1, -0.05) is 15.9 Å². The van der Waals surface area contributed by atoms with Crippen molar-refractivity contribution in [2.75, 3.05) is 0 Å². The summed E-state index contributed by atoms with van der Waals surface area (Å²) in [6.45, 7) is 3.63. The van der Waals surface area contributed by atoms with Crippen LogP contribution in [0.3, 0.4) is 0 Å². The van der Waals surface area contributed by atoms with Crippen molar-refractivity contribution in [2.45, 2.75) is 38.4 Å². The van der Waals surface area contributed by atoms with Crippen LogP contribution in [0.25, 0.3) is 0 Å². The topological polar surface area (TPSA) is 52.6 Å². The molecular weight excluding hydrogens is 384 g/mol. The third-order valence-corrected chi connectivity index (χ3v) is 4.48. The lowest BCUT2D eigenvalue weighted by atomic mass is 10.0.